The highest BCUT2D eigenvalue weighted by Crippen LogP contribution is 2.34. The Bertz CT molecular complexity index is 848. The molecule has 2 aliphatic heterocycles. The Hall–Kier alpha value is -1.95. The molecule has 0 aliphatic carbocycles. The molecule has 7 nitrogen and oxygen atoms in total. The molecular formula is C18H24N4O3S. The van der Waals surface area contributed by atoms with Crippen LogP contribution >= 0.6 is 0 Å². The molecule has 2 saturated heterocycles. The van der Waals surface area contributed by atoms with Crippen LogP contribution in [0.15, 0.2) is 29.2 Å². The van der Waals surface area contributed by atoms with E-state index in [0.29, 0.717) is 44.6 Å². The molecule has 26 heavy (non-hydrogen) atoms. The highest BCUT2D eigenvalue weighted by molar-refractivity contribution is 7.89. The number of nitrogens with zero attached hydrogens (tertiary/aromatic N) is 4. The van der Waals surface area contributed by atoms with Crippen LogP contribution in [0.2, 0.25) is 0 Å². The Morgan fingerprint density at radius 1 is 1.15 bits per heavy atom. The summed E-state index contributed by atoms with van der Waals surface area (Å²) in [6, 6.07) is 8.13. The summed E-state index contributed by atoms with van der Waals surface area (Å²) >= 11 is 0. The molecular weight excluding hydrogens is 352 g/mol. The minimum atomic E-state index is -3.68. The molecule has 0 bridgehead atoms. The summed E-state index contributed by atoms with van der Waals surface area (Å²) in [5.74, 6) is 0.108. The molecule has 1 atom stereocenters. The van der Waals surface area contributed by atoms with Gasteiger partial charge in [-0.1, -0.05) is 6.07 Å². The van der Waals surface area contributed by atoms with Gasteiger partial charge in [-0.05, 0) is 38.1 Å². The second kappa shape index (κ2) is 6.99. The Kier molecular flexibility index (Phi) is 5.06. The number of nitriles is 1. The van der Waals surface area contributed by atoms with Crippen molar-refractivity contribution in [3.05, 3.63) is 29.8 Å². The van der Waals surface area contributed by atoms with Gasteiger partial charge >= 0.3 is 0 Å². The average molecular weight is 376 g/mol. The molecule has 1 spiro atoms. The zero-order chi connectivity index (χ0) is 18.9. The summed E-state index contributed by atoms with van der Waals surface area (Å²) in [5.41, 5.74) is -0.00455. The van der Waals surface area contributed by atoms with E-state index in [0.717, 1.165) is 6.42 Å². The summed E-state index contributed by atoms with van der Waals surface area (Å²) in [5, 5.41) is 9.05. The Morgan fingerprint density at radius 3 is 2.65 bits per heavy atom. The number of benzene rings is 1. The van der Waals surface area contributed by atoms with Gasteiger partial charge in [-0.25, -0.2) is 8.42 Å². The SMILES string of the molecule is CN1CC[C@]2(CCC1=O)CN(S(=O)(=O)c1cccc(C#N)c1)CCN2C. The van der Waals surface area contributed by atoms with Crippen molar-refractivity contribution in [3.63, 3.8) is 0 Å². The molecule has 0 radical (unpaired) electrons. The fourth-order valence-electron chi connectivity index (χ4n) is 3.80. The third-order valence-electron chi connectivity index (χ3n) is 5.71. The highest BCUT2D eigenvalue weighted by Gasteiger charge is 2.44. The Morgan fingerprint density at radius 2 is 1.92 bits per heavy atom. The van der Waals surface area contributed by atoms with Crippen LogP contribution in [0.1, 0.15) is 24.8 Å². The van der Waals surface area contributed by atoms with Gasteiger partial charge in [0.25, 0.3) is 0 Å². The number of amides is 1. The van der Waals surface area contributed by atoms with E-state index in [1.807, 2.05) is 13.1 Å². The minimum absolute atomic E-state index is 0.108. The lowest BCUT2D eigenvalue weighted by atomic mass is 9.87. The lowest BCUT2D eigenvalue weighted by Gasteiger charge is -2.48. The first-order valence-electron chi connectivity index (χ1n) is 8.74. The van der Waals surface area contributed by atoms with Crippen molar-refractivity contribution >= 4 is 15.9 Å². The van der Waals surface area contributed by atoms with Crippen LogP contribution in [0, 0.1) is 11.3 Å². The van der Waals surface area contributed by atoms with Gasteiger partial charge in [-0.15, -0.1) is 0 Å². The van der Waals surface area contributed by atoms with Gasteiger partial charge in [0.1, 0.15) is 0 Å². The van der Waals surface area contributed by atoms with E-state index in [1.165, 1.54) is 16.4 Å². The molecule has 0 N–H and O–H groups in total. The van der Waals surface area contributed by atoms with Crippen molar-refractivity contribution in [3.8, 4) is 6.07 Å². The molecule has 2 fully saturated rings. The summed E-state index contributed by atoms with van der Waals surface area (Å²) < 4.78 is 27.8. The van der Waals surface area contributed by atoms with E-state index in [2.05, 4.69) is 4.90 Å². The second-order valence-corrected chi connectivity index (χ2v) is 9.13. The van der Waals surface area contributed by atoms with Crippen LogP contribution in [0.5, 0.6) is 0 Å². The van der Waals surface area contributed by atoms with Crippen LogP contribution in [0.4, 0.5) is 0 Å². The summed E-state index contributed by atoms with van der Waals surface area (Å²) in [4.78, 5) is 16.1. The number of rotatable bonds is 2. The molecule has 0 unspecified atom stereocenters. The fourth-order valence-corrected chi connectivity index (χ4v) is 5.36. The van der Waals surface area contributed by atoms with Crippen molar-refractivity contribution in [1.29, 1.82) is 5.26 Å². The molecule has 8 heteroatoms. The first-order chi connectivity index (χ1) is 12.3. The molecule has 1 amide bonds. The molecule has 140 valence electrons. The lowest BCUT2D eigenvalue weighted by molar-refractivity contribution is -0.129. The van der Waals surface area contributed by atoms with Crippen molar-refractivity contribution < 1.29 is 13.2 Å². The molecule has 3 rings (SSSR count). The normalized spacial score (nSPS) is 25.9. The van der Waals surface area contributed by atoms with E-state index >= 15 is 0 Å². The van der Waals surface area contributed by atoms with Crippen LogP contribution < -0.4 is 0 Å². The van der Waals surface area contributed by atoms with Crippen LogP contribution in [-0.2, 0) is 14.8 Å². The quantitative estimate of drug-likeness (QED) is 0.765. The van der Waals surface area contributed by atoms with Crippen LogP contribution in [0.25, 0.3) is 0 Å². The fraction of sp³-hybridized carbons (Fsp3) is 0.556. The number of carbonyl (C=O) groups excluding carboxylic acids is 1. The van der Waals surface area contributed by atoms with Gasteiger partial charge in [0, 0.05) is 45.2 Å². The maximum atomic E-state index is 13.1. The third kappa shape index (κ3) is 3.34. The van der Waals surface area contributed by atoms with E-state index < -0.39 is 10.0 Å². The van der Waals surface area contributed by atoms with Crippen molar-refractivity contribution in [2.75, 3.05) is 40.3 Å². The van der Waals surface area contributed by atoms with E-state index in [4.69, 9.17) is 5.26 Å². The van der Waals surface area contributed by atoms with Gasteiger partial charge < -0.3 is 4.90 Å². The molecule has 0 aromatic heterocycles. The second-order valence-electron chi connectivity index (χ2n) is 7.19. The van der Waals surface area contributed by atoms with Gasteiger partial charge in [-0.3, -0.25) is 9.69 Å². The van der Waals surface area contributed by atoms with E-state index in [1.54, 1.807) is 24.1 Å². The number of sulfonamides is 1. The van der Waals surface area contributed by atoms with Gasteiger partial charge in [-0.2, -0.15) is 9.57 Å². The van der Waals surface area contributed by atoms with Gasteiger partial charge in [0.15, 0.2) is 0 Å². The number of carbonyl (C=O) groups is 1. The molecule has 1 aromatic carbocycles. The predicted molar refractivity (Wildman–Crippen MR) is 96.8 cm³/mol. The number of hydrogen-bond donors (Lipinski definition) is 0. The molecule has 2 heterocycles. The third-order valence-corrected chi connectivity index (χ3v) is 7.55. The van der Waals surface area contributed by atoms with E-state index in [9.17, 15) is 13.2 Å². The minimum Gasteiger partial charge on any atom is -0.346 e. The summed E-state index contributed by atoms with van der Waals surface area (Å²) in [6.45, 7) is 2.01. The summed E-state index contributed by atoms with van der Waals surface area (Å²) in [7, 11) is 0.132. The van der Waals surface area contributed by atoms with Crippen molar-refractivity contribution in [1.82, 2.24) is 14.1 Å². The first-order valence-corrected chi connectivity index (χ1v) is 10.2. The monoisotopic (exact) mass is 376 g/mol. The zero-order valence-electron chi connectivity index (χ0n) is 15.2. The zero-order valence-corrected chi connectivity index (χ0v) is 16.0. The maximum absolute atomic E-state index is 13.1. The van der Waals surface area contributed by atoms with E-state index in [-0.39, 0.29) is 16.3 Å². The molecule has 2 aliphatic rings. The highest BCUT2D eigenvalue weighted by atomic mass is 32.2. The van der Waals surface area contributed by atoms with Crippen LogP contribution in [0.3, 0.4) is 0 Å². The number of piperazine rings is 1. The largest absolute Gasteiger partial charge is 0.346 e. The lowest BCUT2D eigenvalue weighted by Crippen LogP contribution is -2.62. The number of likely N-dealkylation sites (tertiary alicyclic amines) is 1. The van der Waals surface area contributed by atoms with Crippen molar-refractivity contribution in [2.45, 2.75) is 29.7 Å². The maximum Gasteiger partial charge on any atom is 0.243 e. The van der Waals surface area contributed by atoms with Crippen molar-refractivity contribution in [2.24, 2.45) is 0 Å². The number of likely N-dealkylation sites (N-methyl/N-ethyl adjacent to an activating group) is 1. The van der Waals surface area contributed by atoms with Crippen LogP contribution in [-0.4, -0.2) is 74.2 Å². The molecule has 1 aromatic rings. The van der Waals surface area contributed by atoms with Gasteiger partial charge in [0.05, 0.1) is 16.5 Å². The first kappa shape index (κ1) is 18.8. The Balaban J connectivity index is 1.89. The molecule has 0 saturated carbocycles. The number of hydrogen-bond acceptors (Lipinski definition) is 5. The predicted octanol–water partition coefficient (Wildman–Crippen LogP) is 0.875. The summed E-state index contributed by atoms with van der Waals surface area (Å²) in [6.07, 6.45) is 1.82. The standard InChI is InChI=1S/C18H24N4O3S/c1-20-9-8-18(7-6-17(20)23)14-22(11-10-21(18)2)26(24,25)16-5-3-4-15(12-16)13-19/h3-5,12H,6-11,14H2,1-2H3/t18-/m1/s1. The Labute approximate surface area is 154 Å². The topological polar surface area (TPSA) is 84.7 Å². The average Bonchev–Trinajstić information content (AvgIpc) is 2.78. The smallest absolute Gasteiger partial charge is 0.243 e. The van der Waals surface area contributed by atoms with Gasteiger partial charge in [0.2, 0.25) is 15.9 Å².